The van der Waals surface area contributed by atoms with Gasteiger partial charge in [0.2, 0.25) is 14.0 Å². The average molecular weight is 362 g/mol. The van der Waals surface area contributed by atoms with Gasteiger partial charge in [-0.1, -0.05) is 53.5 Å². The van der Waals surface area contributed by atoms with Crippen LogP contribution in [0.25, 0.3) is 11.0 Å². The van der Waals surface area contributed by atoms with E-state index >= 15 is 0 Å². The zero-order valence-electron chi connectivity index (χ0n) is 10.8. The Hall–Kier alpha value is -1.83. The molecule has 1 aromatic heterocycles. The molecule has 0 aliphatic heterocycles. The normalized spacial score (nSPS) is 12.6. The lowest BCUT2D eigenvalue weighted by atomic mass is 10.2. The summed E-state index contributed by atoms with van der Waals surface area (Å²) in [7, 11) is -4.13. The molecule has 0 saturated heterocycles. The molecule has 0 aliphatic rings. The van der Waals surface area contributed by atoms with Gasteiger partial charge in [-0.2, -0.15) is 0 Å². The molecule has 1 aromatic carbocycles. The van der Waals surface area contributed by atoms with Crippen LogP contribution in [0, 0.1) is 10.1 Å². The Kier molecular flexibility index (Phi) is 4.90. The number of halogens is 2. The van der Waals surface area contributed by atoms with Crippen molar-refractivity contribution in [3.8, 4) is 0 Å². The molecule has 0 atom stereocenters. The first kappa shape index (κ1) is 16.5. The van der Waals surface area contributed by atoms with Gasteiger partial charge in [-0.25, -0.2) is 8.42 Å². The predicted octanol–water partition coefficient (Wildman–Crippen LogP) is 3.86. The van der Waals surface area contributed by atoms with Crippen LogP contribution < -0.4 is 0 Å². The topological polar surface area (TPSA) is 90.4 Å². The van der Waals surface area contributed by atoms with Crippen LogP contribution >= 0.6 is 23.2 Å². The molecule has 9 heteroatoms. The summed E-state index contributed by atoms with van der Waals surface area (Å²) in [6.45, 7) is 0. The molecule has 0 radical (unpaired) electrons. The largest absolute Gasteiger partial charge is 0.433 e. The lowest BCUT2D eigenvalue weighted by molar-refractivity contribution is -0.402. The van der Waals surface area contributed by atoms with Crippen LogP contribution in [0.3, 0.4) is 0 Å². The predicted molar refractivity (Wildman–Crippen MR) is 84.1 cm³/mol. The first-order chi connectivity index (χ1) is 10.3. The summed E-state index contributed by atoms with van der Waals surface area (Å²) in [6.07, 6.45) is 1.29. The van der Waals surface area contributed by atoms with E-state index in [2.05, 4.69) is 0 Å². The highest BCUT2D eigenvalue weighted by molar-refractivity contribution is 8.03. The van der Waals surface area contributed by atoms with Crippen molar-refractivity contribution in [2.45, 2.75) is 4.17 Å². The highest BCUT2D eigenvalue weighted by Gasteiger charge is 2.30. The van der Waals surface area contributed by atoms with Crippen molar-refractivity contribution < 1.29 is 17.8 Å². The molecule has 0 aliphatic carbocycles. The van der Waals surface area contributed by atoms with Crippen LogP contribution in [0.15, 0.2) is 46.9 Å². The molecule has 0 amide bonds. The fourth-order valence-electron chi connectivity index (χ4n) is 1.65. The highest BCUT2D eigenvalue weighted by atomic mass is 35.5. The summed E-state index contributed by atoms with van der Waals surface area (Å²) in [5.41, 5.74) is 0.550. The number of nitrogens with zero attached hydrogens (tertiary/aromatic N) is 1. The third-order valence-corrected chi connectivity index (χ3v) is 5.46. The molecule has 22 heavy (non-hydrogen) atoms. The lowest BCUT2D eigenvalue weighted by Gasteiger charge is -2.07. The van der Waals surface area contributed by atoms with Crippen molar-refractivity contribution >= 4 is 49.9 Å². The van der Waals surface area contributed by atoms with Crippen LogP contribution in [-0.4, -0.2) is 17.5 Å². The van der Waals surface area contributed by atoms with Crippen molar-refractivity contribution in [2.24, 2.45) is 0 Å². The van der Waals surface area contributed by atoms with Gasteiger partial charge in [0.15, 0.2) is 5.76 Å². The fourth-order valence-corrected chi connectivity index (χ4v) is 3.11. The number of sulfone groups is 1. The fraction of sp³-hybridized carbons (Fsp3) is 0.0769. The summed E-state index contributed by atoms with van der Waals surface area (Å²) in [5, 5.41) is 10.7. The van der Waals surface area contributed by atoms with E-state index in [-0.39, 0.29) is 10.7 Å². The molecular weight excluding hydrogens is 353 g/mol. The summed E-state index contributed by atoms with van der Waals surface area (Å²) in [4.78, 5) is 9.57. The van der Waals surface area contributed by atoms with Gasteiger partial charge in [-0.15, -0.1) is 0 Å². The summed E-state index contributed by atoms with van der Waals surface area (Å²) < 4.78 is 27.7. The number of rotatable bonds is 5. The minimum absolute atomic E-state index is 0.207. The minimum Gasteiger partial charge on any atom is -0.400 e. The zero-order chi connectivity index (χ0) is 16.3. The van der Waals surface area contributed by atoms with E-state index in [1.807, 2.05) is 0 Å². The quantitative estimate of drug-likeness (QED) is 0.458. The Morgan fingerprint density at radius 2 is 1.82 bits per heavy atom. The molecule has 0 bridgehead atoms. The second kappa shape index (κ2) is 6.51. The Morgan fingerprint density at radius 3 is 2.32 bits per heavy atom. The summed E-state index contributed by atoms with van der Waals surface area (Å²) in [6, 6.07) is 10.7. The van der Waals surface area contributed by atoms with Crippen molar-refractivity contribution in [2.75, 3.05) is 0 Å². The Morgan fingerprint density at radius 1 is 1.18 bits per heavy atom. The first-order valence-electron chi connectivity index (χ1n) is 5.86. The average Bonchev–Trinajstić information content (AvgIpc) is 2.95. The van der Waals surface area contributed by atoms with Gasteiger partial charge in [0, 0.05) is 0 Å². The first-order valence-corrected chi connectivity index (χ1v) is 8.27. The maximum atomic E-state index is 12.3. The van der Waals surface area contributed by atoms with E-state index < -0.39 is 24.8 Å². The molecule has 0 fully saturated rings. The third kappa shape index (κ3) is 3.49. The van der Waals surface area contributed by atoms with Gasteiger partial charge in [0.25, 0.3) is 0 Å². The Labute approximate surface area is 136 Å². The number of nitro groups is 1. The third-order valence-electron chi connectivity index (χ3n) is 2.65. The summed E-state index contributed by atoms with van der Waals surface area (Å²) >= 11 is 11.0. The van der Waals surface area contributed by atoms with Crippen molar-refractivity contribution in [3.05, 3.63) is 63.9 Å². The van der Waals surface area contributed by atoms with Gasteiger partial charge >= 0.3 is 5.88 Å². The van der Waals surface area contributed by atoms with E-state index in [0.717, 1.165) is 6.07 Å². The highest BCUT2D eigenvalue weighted by Crippen LogP contribution is 2.33. The van der Waals surface area contributed by atoms with Gasteiger partial charge in [-0.05, 0) is 17.7 Å². The number of benzene rings is 1. The molecule has 2 rings (SSSR count). The van der Waals surface area contributed by atoms with E-state index in [4.69, 9.17) is 27.6 Å². The van der Waals surface area contributed by atoms with Gasteiger partial charge < -0.3 is 4.42 Å². The SMILES string of the molecule is O=[N+]([O-])c1ccc(/C(=C\c2ccccc2)S(=O)(=O)C(Cl)Cl)o1. The van der Waals surface area contributed by atoms with Gasteiger partial charge in [0.1, 0.15) is 9.83 Å². The van der Waals surface area contributed by atoms with Crippen LogP contribution in [0.5, 0.6) is 0 Å². The Balaban J connectivity index is 2.60. The molecule has 1 heterocycles. The molecule has 0 spiro atoms. The smallest absolute Gasteiger partial charge is 0.400 e. The number of furan rings is 1. The number of hydrogen-bond donors (Lipinski definition) is 0. The van der Waals surface area contributed by atoms with Crippen LogP contribution in [-0.2, 0) is 9.84 Å². The minimum atomic E-state index is -4.13. The van der Waals surface area contributed by atoms with E-state index in [9.17, 15) is 18.5 Å². The molecule has 0 saturated carbocycles. The molecule has 0 unspecified atom stereocenters. The van der Waals surface area contributed by atoms with Crippen LogP contribution in [0.2, 0.25) is 0 Å². The Bertz CT molecular complexity index is 812. The molecule has 116 valence electrons. The van der Waals surface area contributed by atoms with Crippen LogP contribution in [0.4, 0.5) is 5.88 Å². The van der Waals surface area contributed by atoms with Gasteiger partial charge in [0.05, 0.1) is 6.07 Å². The zero-order valence-corrected chi connectivity index (χ0v) is 13.2. The molecule has 0 N–H and O–H groups in total. The number of hydrogen-bond acceptors (Lipinski definition) is 5. The maximum absolute atomic E-state index is 12.3. The second-order valence-electron chi connectivity index (χ2n) is 4.12. The molecule has 2 aromatic rings. The van der Waals surface area contributed by atoms with Crippen molar-refractivity contribution in [1.29, 1.82) is 0 Å². The lowest BCUT2D eigenvalue weighted by Crippen LogP contribution is -2.10. The van der Waals surface area contributed by atoms with Crippen LogP contribution in [0.1, 0.15) is 11.3 Å². The molecular formula is C13H9Cl2NO5S. The van der Waals surface area contributed by atoms with E-state index in [1.54, 1.807) is 30.3 Å². The van der Waals surface area contributed by atoms with E-state index in [1.165, 1.54) is 12.1 Å². The maximum Gasteiger partial charge on any atom is 0.433 e. The standard InChI is InChI=1S/C13H9Cl2NO5S/c14-13(15)22(19,20)11(8-9-4-2-1-3-5-9)10-6-7-12(21-10)16(17)18/h1-8,13H/b11-8+. The van der Waals surface area contributed by atoms with E-state index in [0.29, 0.717) is 5.56 Å². The second-order valence-corrected chi connectivity index (χ2v) is 7.73. The molecule has 6 nitrogen and oxygen atoms in total. The number of alkyl halides is 2. The van der Waals surface area contributed by atoms with Gasteiger partial charge in [-0.3, -0.25) is 10.1 Å². The van der Waals surface area contributed by atoms with Crippen molar-refractivity contribution in [1.82, 2.24) is 0 Å². The monoisotopic (exact) mass is 361 g/mol. The van der Waals surface area contributed by atoms with Crippen molar-refractivity contribution in [3.63, 3.8) is 0 Å². The summed E-state index contributed by atoms with van der Waals surface area (Å²) in [5.74, 6) is -0.785.